The van der Waals surface area contributed by atoms with Gasteiger partial charge in [-0.25, -0.2) is 0 Å². The molecule has 1 N–H and O–H groups in total. The second kappa shape index (κ2) is 5.04. The number of carbonyl (C=O) groups excluding carboxylic acids is 1. The predicted octanol–water partition coefficient (Wildman–Crippen LogP) is 1.77. The third-order valence-electron chi connectivity index (χ3n) is 4.16. The summed E-state index contributed by atoms with van der Waals surface area (Å²) in [4.78, 5) is 13.7. The largest absolute Gasteiger partial charge is 0.281 e. The fourth-order valence-electron chi connectivity index (χ4n) is 2.70. The van der Waals surface area contributed by atoms with E-state index in [1.54, 1.807) is 7.05 Å². The van der Waals surface area contributed by atoms with Crippen molar-refractivity contribution in [2.45, 2.75) is 46.0 Å². The zero-order valence-electron chi connectivity index (χ0n) is 11.3. The SMILES string of the molecule is CN(C(=O)CC1CCCCC1(C)C)c1nn[nH]n1. The molecule has 2 rings (SSSR count). The number of nitrogens with one attached hydrogen (secondary N) is 1. The number of anilines is 1. The third kappa shape index (κ3) is 2.68. The lowest BCUT2D eigenvalue weighted by Crippen LogP contribution is -2.35. The van der Waals surface area contributed by atoms with Gasteiger partial charge in [0.1, 0.15) is 0 Å². The van der Waals surface area contributed by atoms with Crippen molar-refractivity contribution in [2.24, 2.45) is 11.3 Å². The minimum Gasteiger partial charge on any atom is -0.281 e. The summed E-state index contributed by atoms with van der Waals surface area (Å²) in [5, 5.41) is 13.5. The van der Waals surface area contributed by atoms with Crippen LogP contribution in [-0.2, 0) is 4.79 Å². The van der Waals surface area contributed by atoms with Crippen LogP contribution in [0.3, 0.4) is 0 Å². The first kappa shape index (κ1) is 13.0. The molecule has 1 amide bonds. The Hall–Kier alpha value is -1.46. The van der Waals surface area contributed by atoms with E-state index in [0.29, 0.717) is 18.3 Å². The van der Waals surface area contributed by atoms with E-state index in [9.17, 15) is 4.79 Å². The van der Waals surface area contributed by atoms with E-state index in [-0.39, 0.29) is 11.3 Å². The van der Waals surface area contributed by atoms with E-state index in [1.165, 1.54) is 24.2 Å². The first-order valence-corrected chi connectivity index (χ1v) is 6.51. The zero-order chi connectivity index (χ0) is 13.2. The first-order chi connectivity index (χ1) is 8.50. The molecule has 0 saturated heterocycles. The molecule has 1 unspecified atom stereocenters. The number of aromatic amines is 1. The van der Waals surface area contributed by atoms with Gasteiger partial charge in [0.2, 0.25) is 5.91 Å². The average molecular weight is 251 g/mol. The maximum atomic E-state index is 12.2. The lowest BCUT2D eigenvalue weighted by molar-refractivity contribution is -0.120. The van der Waals surface area contributed by atoms with Crippen LogP contribution in [0.25, 0.3) is 0 Å². The van der Waals surface area contributed by atoms with Gasteiger partial charge in [0.25, 0.3) is 5.95 Å². The number of aromatic nitrogens is 4. The van der Waals surface area contributed by atoms with Gasteiger partial charge in [-0.15, -0.1) is 5.10 Å². The van der Waals surface area contributed by atoms with Crippen LogP contribution in [0.2, 0.25) is 0 Å². The summed E-state index contributed by atoms with van der Waals surface area (Å²) >= 11 is 0. The third-order valence-corrected chi connectivity index (χ3v) is 4.16. The van der Waals surface area contributed by atoms with Crippen molar-refractivity contribution in [2.75, 3.05) is 11.9 Å². The number of H-pyrrole nitrogens is 1. The zero-order valence-corrected chi connectivity index (χ0v) is 11.3. The van der Waals surface area contributed by atoms with Gasteiger partial charge in [-0.2, -0.15) is 5.21 Å². The summed E-state index contributed by atoms with van der Waals surface area (Å²) in [6.45, 7) is 4.52. The van der Waals surface area contributed by atoms with Crippen molar-refractivity contribution in [1.82, 2.24) is 20.6 Å². The summed E-state index contributed by atoms with van der Waals surface area (Å²) < 4.78 is 0. The van der Waals surface area contributed by atoms with Gasteiger partial charge in [0, 0.05) is 13.5 Å². The summed E-state index contributed by atoms with van der Waals surface area (Å²) in [6.07, 6.45) is 5.42. The molecule has 1 aromatic rings. The fraction of sp³-hybridized carbons (Fsp3) is 0.833. The Morgan fingerprint density at radius 1 is 1.50 bits per heavy atom. The summed E-state index contributed by atoms with van der Waals surface area (Å²) in [7, 11) is 1.70. The van der Waals surface area contributed by atoms with Crippen LogP contribution in [0, 0.1) is 11.3 Å². The molecular formula is C12H21N5O. The van der Waals surface area contributed by atoms with Gasteiger partial charge in [0.15, 0.2) is 0 Å². The molecular weight excluding hydrogens is 230 g/mol. The van der Waals surface area contributed by atoms with E-state index < -0.39 is 0 Å². The smallest absolute Gasteiger partial charge is 0.272 e. The van der Waals surface area contributed by atoms with Crippen LogP contribution in [0.1, 0.15) is 46.0 Å². The molecule has 0 radical (unpaired) electrons. The molecule has 1 fully saturated rings. The summed E-state index contributed by atoms with van der Waals surface area (Å²) in [5.74, 6) is 0.859. The monoisotopic (exact) mass is 251 g/mol. The Balaban J connectivity index is 1.98. The Bertz CT molecular complexity index is 401. The van der Waals surface area contributed by atoms with Crippen molar-refractivity contribution in [3.8, 4) is 0 Å². The normalized spacial score (nSPS) is 22.7. The summed E-state index contributed by atoms with van der Waals surface area (Å²) in [5.41, 5.74) is 0.256. The van der Waals surface area contributed by atoms with Gasteiger partial charge in [0.05, 0.1) is 0 Å². The molecule has 6 heteroatoms. The molecule has 0 bridgehead atoms. The molecule has 1 atom stereocenters. The predicted molar refractivity (Wildman–Crippen MR) is 67.9 cm³/mol. The van der Waals surface area contributed by atoms with E-state index in [2.05, 4.69) is 34.5 Å². The van der Waals surface area contributed by atoms with Gasteiger partial charge >= 0.3 is 0 Å². The van der Waals surface area contributed by atoms with Crippen LogP contribution < -0.4 is 4.90 Å². The van der Waals surface area contributed by atoms with Gasteiger partial charge in [-0.05, 0) is 29.4 Å². The lowest BCUT2D eigenvalue weighted by Gasteiger charge is -2.38. The summed E-state index contributed by atoms with van der Waals surface area (Å²) in [6, 6.07) is 0. The number of nitrogens with zero attached hydrogens (tertiary/aromatic N) is 4. The molecule has 18 heavy (non-hydrogen) atoms. The highest BCUT2D eigenvalue weighted by Crippen LogP contribution is 2.42. The molecule has 1 heterocycles. The van der Waals surface area contributed by atoms with Crippen molar-refractivity contribution < 1.29 is 4.79 Å². The Labute approximate surface area is 107 Å². The lowest BCUT2D eigenvalue weighted by atomic mass is 9.67. The molecule has 0 aromatic carbocycles. The standard InChI is InChI=1S/C12H21N5O/c1-12(2)7-5-4-6-9(12)8-10(18)17(3)11-13-15-16-14-11/h9H,4-8H2,1-3H3,(H,13,14,15,16). The quantitative estimate of drug-likeness (QED) is 0.888. The molecule has 1 aliphatic rings. The minimum absolute atomic E-state index is 0.0661. The van der Waals surface area contributed by atoms with Crippen LogP contribution in [0.4, 0.5) is 5.95 Å². The second-order valence-electron chi connectivity index (χ2n) is 5.80. The molecule has 0 aliphatic heterocycles. The molecule has 1 aliphatic carbocycles. The highest BCUT2D eigenvalue weighted by Gasteiger charge is 2.34. The van der Waals surface area contributed by atoms with Crippen LogP contribution >= 0.6 is 0 Å². The first-order valence-electron chi connectivity index (χ1n) is 6.51. The van der Waals surface area contributed by atoms with Gasteiger partial charge in [-0.1, -0.05) is 31.8 Å². The molecule has 0 spiro atoms. The highest BCUT2D eigenvalue weighted by molar-refractivity contribution is 5.91. The number of rotatable bonds is 3. The van der Waals surface area contributed by atoms with Crippen LogP contribution in [0.15, 0.2) is 0 Å². The maximum Gasteiger partial charge on any atom is 0.272 e. The number of amides is 1. The van der Waals surface area contributed by atoms with Gasteiger partial charge < -0.3 is 0 Å². The van der Waals surface area contributed by atoms with Crippen LogP contribution in [-0.4, -0.2) is 33.6 Å². The Morgan fingerprint density at radius 3 is 2.89 bits per heavy atom. The number of tetrazole rings is 1. The molecule has 1 saturated carbocycles. The van der Waals surface area contributed by atoms with Crippen molar-refractivity contribution >= 4 is 11.9 Å². The number of hydrogen-bond acceptors (Lipinski definition) is 4. The van der Waals surface area contributed by atoms with E-state index in [0.717, 1.165) is 6.42 Å². The molecule has 1 aromatic heterocycles. The van der Waals surface area contributed by atoms with Crippen molar-refractivity contribution in [1.29, 1.82) is 0 Å². The van der Waals surface area contributed by atoms with E-state index in [1.807, 2.05) is 0 Å². The molecule has 100 valence electrons. The highest BCUT2D eigenvalue weighted by atomic mass is 16.2. The topological polar surface area (TPSA) is 74.8 Å². The van der Waals surface area contributed by atoms with Crippen molar-refractivity contribution in [3.63, 3.8) is 0 Å². The minimum atomic E-state index is 0.0661. The maximum absolute atomic E-state index is 12.2. The average Bonchev–Trinajstić information content (AvgIpc) is 2.84. The molecule has 6 nitrogen and oxygen atoms in total. The van der Waals surface area contributed by atoms with Crippen molar-refractivity contribution in [3.05, 3.63) is 0 Å². The number of hydrogen-bond donors (Lipinski definition) is 1. The van der Waals surface area contributed by atoms with E-state index >= 15 is 0 Å². The van der Waals surface area contributed by atoms with Gasteiger partial charge in [-0.3, -0.25) is 9.69 Å². The number of carbonyl (C=O) groups is 1. The van der Waals surface area contributed by atoms with Crippen LogP contribution in [0.5, 0.6) is 0 Å². The second-order valence-corrected chi connectivity index (χ2v) is 5.80. The Morgan fingerprint density at radius 2 is 2.28 bits per heavy atom. The Kier molecular flexibility index (Phi) is 3.63. The van der Waals surface area contributed by atoms with E-state index in [4.69, 9.17) is 0 Å². The fourth-order valence-corrected chi connectivity index (χ4v) is 2.70.